The summed E-state index contributed by atoms with van der Waals surface area (Å²) >= 11 is 1.42. The van der Waals surface area contributed by atoms with Gasteiger partial charge in [-0.05, 0) is 18.4 Å². The van der Waals surface area contributed by atoms with E-state index in [9.17, 15) is 9.59 Å². The number of aromatic nitrogens is 1. The molecule has 0 N–H and O–H groups in total. The number of hydrogen-bond donors (Lipinski definition) is 0. The van der Waals surface area contributed by atoms with Crippen LogP contribution in [0, 0.1) is 0 Å². The molecule has 3 heterocycles. The Hall–Kier alpha value is -2.25. The van der Waals surface area contributed by atoms with Crippen molar-refractivity contribution >= 4 is 23.2 Å². The number of ether oxygens (including phenoxy) is 1. The molecule has 1 aromatic heterocycles. The molecule has 2 aliphatic heterocycles. The first-order valence-electron chi connectivity index (χ1n) is 9.28. The highest BCUT2D eigenvalue weighted by molar-refractivity contribution is 7.07. The van der Waals surface area contributed by atoms with Gasteiger partial charge in [-0.3, -0.25) is 9.59 Å². The van der Waals surface area contributed by atoms with E-state index in [2.05, 4.69) is 4.98 Å². The van der Waals surface area contributed by atoms with Crippen molar-refractivity contribution < 1.29 is 14.3 Å². The lowest BCUT2D eigenvalue weighted by Gasteiger charge is -2.40. The van der Waals surface area contributed by atoms with E-state index in [1.807, 2.05) is 40.1 Å². The minimum absolute atomic E-state index is 0.0308. The van der Waals surface area contributed by atoms with Gasteiger partial charge in [-0.2, -0.15) is 0 Å². The van der Waals surface area contributed by atoms with Crippen LogP contribution < -0.4 is 0 Å². The molecule has 1 spiro atoms. The number of piperidine rings is 1. The van der Waals surface area contributed by atoms with Crippen molar-refractivity contribution in [1.82, 2.24) is 14.8 Å². The van der Waals surface area contributed by atoms with Gasteiger partial charge in [-0.15, -0.1) is 11.3 Å². The van der Waals surface area contributed by atoms with Crippen molar-refractivity contribution in [2.45, 2.75) is 31.4 Å². The van der Waals surface area contributed by atoms with Crippen molar-refractivity contribution in [1.29, 1.82) is 0 Å². The van der Waals surface area contributed by atoms with E-state index in [1.54, 1.807) is 10.9 Å². The van der Waals surface area contributed by atoms with E-state index >= 15 is 0 Å². The maximum absolute atomic E-state index is 12.9. The normalized spacial score (nSPS) is 19.9. The Labute approximate surface area is 162 Å². The van der Waals surface area contributed by atoms with Gasteiger partial charge in [-0.25, -0.2) is 4.98 Å². The molecule has 7 heteroatoms. The second-order valence-corrected chi connectivity index (χ2v) is 7.89. The van der Waals surface area contributed by atoms with Crippen LogP contribution in [0.2, 0.25) is 0 Å². The fraction of sp³-hybridized carbons (Fsp3) is 0.450. The number of carbonyl (C=O) groups is 2. The summed E-state index contributed by atoms with van der Waals surface area (Å²) in [4.78, 5) is 33.1. The first kappa shape index (κ1) is 18.1. The van der Waals surface area contributed by atoms with Gasteiger partial charge in [0, 0.05) is 31.6 Å². The van der Waals surface area contributed by atoms with E-state index < -0.39 is 5.60 Å². The number of nitrogens with zero attached hydrogens (tertiary/aromatic N) is 3. The lowest BCUT2D eigenvalue weighted by atomic mass is 9.87. The quantitative estimate of drug-likeness (QED) is 0.815. The number of rotatable bonds is 3. The Morgan fingerprint density at radius 2 is 1.96 bits per heavy atom. The molecular weight excluding hydrogens is 362 g/mol. The van der Waals surface area contributed by atoms with E-state index in [1.165, 1.54) is 11.3 Å². The summed E-state index contributed by atoms with van der Waals surface area (Å²) in [7, 11) is 0. The Kier molecular flexibility index (Phi) is 5.22. The third kappa shape index (κ3) is 4.04. The molecule has 2 fully saturated rings. The fourth-order valence-corrected chi connectivity index (χ4v) is 4.35. The summed E-state index contributed by atoms with van der Waals surface area (Å²) in [6.45, 7) is 2.97. The number of hydrogen-bond acceptors (Lipinski definition) is 5. The van der Waals surface area contributed by atoms with Gasteiger partial charge < -0.3 is 14.5 Å². The second-order valence-electron chi connectivity index (χ2n) is 7.18. The molecule has 2 saturated heterocycles. The van der Waals surface area contributed by atoms with Crippen molar-refractivity contribution in [3.05, 3.63) is 52.5 Å². The average molecular weight is 385 g/mol. The van der Waals surface area contributed by atoms with Gasteiger partial charge in [0.1, 0.15) is 5.69 Å². The molecular formula is C20H23N3O3S. The maximum atomic E-state index is 12.9. The Bertz CT molecular complexity index is 786. The van der Waals surface area contributed by atoms with Crippen molar-refractivity contribution in [2.75, 3.05) is 26.2 Å². The first-order chi connectivity index (χ1) is 13.2. The highest BCUT2D eigenvalue weighted by Crippen LogP contribution is 2.33. The summed E-state index contributed by atoms with van der Waals surface area (Å²) in [6, 6.07) is 10.0. The molecule has 2 aliphatic rings. The molecule has 0 aliphatic carbocycles. The van der Waals surface area contributed by atoms with Gasteiger partial charge in [0.25, 0.3) is 5.91 Å². The van der Waals surface area contributed by atoms with Crippen LogP contribution in [0.25, 0.3) is 0 Å². The molecule has 2 aromatic rings. The van der Waals surface area contributed by atoms with Crippen LogP contribution >= 0.6 is 11.3 Å². The summed E-state index contributed by atoms with van der Waals surface area (Å²) in [5.41, 5.74) is 2.86. The van der Waals surface area contributed by atoms with Crippen molar-refractivity contribution in [3.8, 4) is 0 Å². The average Bonchev–Trinajstić information content (AvgIpc) is 3.18. The maximum Gasteiger partial charge on any atom is 0.273 e. The highest BCUT2D eigenvalue weighted by atomic mass is 32.1. The molecule has 27 heavy (non-hydrogen) atoms. The van der Waals surface area contributed by atoms with Crippen LogP contribution in [0.3, 0.4) is 0 Å². The predicted molar refractivity (Wildman–Crippen MR) is 102 cm³/mol. The summed E-state index contributed by atoms with van der Waals surface area (Å²) in [5, 5.41) is 1.78. The Morgan fingerprint density at radius 3 is 2.67 bits per heavy atom. The Balaban J connectivity index is 1.37. The van der Waals surface area contributed by atoms with Gasteiger partial charge in [0.05, 0.1) is 24.1 Å². The van der Waals surface area contributed by atoms with Crippen LogP contribution in [0.1, 0.15) is 35.3 Å². The third-order valence-corrected chi connectivity index (χ3v) is 6.01. The molecule has 4 rings (SSSR count). The van der Waals surface area contributed by atoms with Gasteiger partial charge in [0.15, 0.2) is 0 Å². The second kappa shape index (κ2) is 7.78. The number of likely N-dealkylation sites (tertiary alicyclic amines) is 1. The van der Waals surface area contributed by atoms with E-state index in [-0.39, 0.29) is 11.8 Å². The Morgan fingerprint density at radius 1 is 1.19 bits per heavy atom. The minimum Gasteiger partial charge on any atom is -0.372 e. The first-order valence-corrected chi connectivity index (χ1v) is 10.2. The lowest BCUT2D eigenvalue weighted by molar-refractivity contribution is -0.135. The number of carbonyl (C=O) groups excluding carboxylic acids is 2. The van der Waals surface area contributed by atoms with Crippen LogP contribution in [0.5, 0.6) is 0 Å². The smallest absolute Gasteiger partial charge is 0.273 e. The summed E-state index contributed by atoms with van der Waals surface area (Å²) in [5.74, 6) is 0.104. The zero-order valence-electron chi connectivity index (χ0n) is 15.2. The van der Waals surface area contributed by atoms with Crippen LogP contribution in [-0.4, -0.2) is 58.4 Å². The molecule has 0 unspecified atom stereocenters. The predicted octanol–water partition coefficient (Wildman–Crippen LogP) is 2.57. The van der Waals surface area contributed by atoms with Crippen molar-refractivity contribution in [2.24, 2.45) is 0 Å². The number of thiazole rings is 1. The summed E-state index contributed by atoms with van der Waals surface area (Å²) < 4.78 is 6.17. The molecule has 0 bridgehead atoms. The van der Waals surface area contributed by atoms with Gasteiger partial charge in [0.2, 0.25) is 5.91 Å². The molecule has 2 amide bonds. The third-order valence-electron chi connectivity index (χ3n) is 5.43. The SMILES string of the molecule is O=C1CC2(CCN(C(=O)c3cscn3)CC2)OCCN1Cc1ccccc1. The van der Waals surface area contributed by atoms with Crippen LogP contribution in [-0.2, 0) is 16.1 Å². The number of benzene rings is 1. The zero-order chi connectivity index (χ0) is 18.7. The van der Waals surface area contributed by atoms with E-state index in [0.29, 0.717) is 57.7 Å². The largest absolute Gasteiger partial charge is 0.372 e. The topological polar surface area (TPSA) is 62.7 Å². The molecule has 0 saturated carbocycles. The standard InChI is InChI=1S/C20H23N3O3S/c24-18-12-20(26-11-10-23(18)13-16-4-2-1-3-5-16)6-8-22(9-7-20)19(25)17-14-27-15-21-17/h1-5,14-15H,6-13H2. The summed E-state index contributed by atoms with van der Waals surface area (Å²) in [6.07, 6.45) is 1.76. The minimum atomic E-state index is -0.443. The van der Waals surface area contributed by atoms with Gasteiger partial charge in [-0.1, -0.05) is 30.3 Å². The lowest BCUT2D eigenvalue weighted by Crippen LogP contribution is -2.49. The molecule has 0 atom stereocenters. The van der Waals surface area contributed by atoms with Crippen LogP contribution in [0.4, 0.5) is 0 Å². The molecule has 1 aromatic carbocycles. The monoisotopic (exact) mass is 385 g/mol. The molecule has 142 valence electrons. The molecule has 6 nitrogen and oxygen atoms in total. The molecule has 0 radical (unpaired) electrons. The van der Waals surface area contributed by atoms with E-state index in [0.717, 1.165) is 5.56 Å². The highest BCUT2D eigenvalue weighted by Gasteiger charge is 2.41. The zero-order valence-corrected chi connectivity index (χ0v) is 16.0. The van der Waals surface area contributed by atoms with Crippen molar-refractivity contribution in [3.63, 3.8) is 0 Å². The fourth-order valence-electron chi connectivity index (χ4n) is 3.83. The van der Waals surface area contributed by atoms with Gasteiger partial charge >= 0.3 is 0 Å². The number of amides is 2. The van der Waals surface area contributed by atoms with Crippen LogP contribution in [0.15, 0.2) is 41.2 Å². The van der Waals surface area contributed by atoms with E-state index in [4.69, 9.17) is 4.74 Å².